The molecule has 3 N–H and O–H groups in total. The summed E-state index contributed by atoms with van der Waals surface area (Å²) in [5.74, 6) is -1.86. The van der Waals surface area contributed by atoms with Gasteiger partial charge < -0.3 is 5.11 Å². The summed E-state index contributed by atoms with van der Waals surface area (Å²) < 4.78 is 26.1. The van der Waals surface area contributed by atoms with E-state index in [4.69, 9.17) is 10.3 Å². The monoisotopic (exact) mass is 350 g/mol. The first-order valence-corrected chi connectivity index (χ1v) is 8.08. The summed E-state index contributed by atoms with van der Waals surface area (Å²) in [7, 11) is -2.55. The first-order chi connectivity index (χ1) is 11.3. The second-order valence-electron chi connectivity index (χ2n) is 4.79. The van der Waals surface area contributed by atoms with Gasteiger partial charge in [-0.05, 0) is 48.5 Å². The molecule has 0 aliphatic rings. The van der Waals surface area contributed by atoms with Crippen molar-refractivity contribution < 1.29 is 28.3 Å². The average molecular weight is 350 g/mol. The van der Waals surface area contributed by atoms with Crippen molar-refractivity contribution >= 4 is 27.6 Å². The van der Waals surface area contributed by atoms with Crippen LogP contribution in [0.2, 0.25) is 0 Å². The molecule has 2 aromatic carbocycles. The van der Waals surface area contributed by atoms with Gasteiger partial charge >= 0.3 is 5.97 Å². The second kappa shape index (κ2) is 6.69. The smallest absolute Gasteiger partial charge is 0.335 e. The summed E-state index contributed by atoms with van der Waals surface area (Å²) >= 11 is 0. The third-order valence-corrected chi connectivity index (χ3v) is 5.15. The molecule has 0 bridgehead atoms. The lowest BCUT2D eigenvalue weighted by molar-refractivity contribution is 0.0693. The number of carbonyl (C=O) groups is 2. The van der Waals surface area contributed by atoms with E-state index >= 15 is 0 Å². The van der Waals surface area contributed by atoms with Crippen molar-refractivity contribution in [3.63, 3.8) is 0 Å². The first-order valence-electron chi connectivity index (χ1n) is 6.64. The minimum atomic E-state index is -3.88. The minimum Gasteiger partial charge on any atom is -0.478 e. The molecule has 0 heterocycles. The Kier molecular flexibility index (Phi) is 4.86. The molecule has 0 aliphatic heterocycles. The molecule has 0 aromatic heterocycles. The number of nitrogens with zero attached hydrogens (tertiary/aromatic N) is 1. The van der Waals surface area contributed by atoms with Gasteiger partial charge in [-0.1, -0.05) is 0 Å². The number of aromatic carboxylic acids is 1. The quantitative estimate of drug-likeness (QED) is 0.552. The number of hydrogen-bond acceptors (Lipinski definition) is 5. The maximum Gasteiger partial charge on any atom is 0.335 e. The highest BCUT2D eigenvalue weighted by Crippen LogP contribution is 2.22. The molecule has 2 aromatic rings. The maximum absolute atomic E-state index is 12.5. The summed E-state index contributed by atoms with van der Waals surface area (Å²) in [6, 6.07) is 10.4. The molecule has 24 heavy (non-hydrogen) atoms. The predicted molar refractivity (Wildman–Crippen MR) is 84.7 cm³/mol. The number of hydrogen-bond donors (Lipinski definition) is 3. The molecule has 0 unspecified atom stereocenters. The lowest BCUT2D eigenvalue weighted by Gasteiger charge is -2.19. The lowest BCUT2D eigenvalue weighted by atomic mass is 10.2. The van der Waals surface area contributed by atoms with E-state index in [1.54, 1.807) is 0 Å². The lowest BCUT2D eigenvalue weighted by Crippen LogP contribution is -2.26. The van der Waals surface area contributed by atoms with Crippen LogP contribution in [0, 0.1) is 0 Å². The molecule has 8 nitrogen and oxygen atoms in total. The number of hydroxylamine groups is 1. The molecular formula is C15H14N2O6S. The van der Waals surface area contributed by atoms with Gasteiger partial charge in [0.1, 0.15) is 0 Å². The topological polar surface area (TPSA) is 124 Å². The van der Waals surface area contributed by atoms with E-state index in [1.807, 2.05) is 0 Å². The number of benzene rings is 2. The maximum atomic E-state index is 12.5. The van der Waals surface area contributed by atoms with Crippen molar-refractivity contribution in [1.29, 1.82) is 0 Å². The fourth-order valence-electron chi connectivity index (χ4n) is 1.95. The number of carboxylic acid groups (broad SMARTS) is 1. The van der Waals surface area contributed by atoms with Gasteiger partial charge in [-0.3, -0.25) is 14.3 Å². The van der Waals surface area contributed by atoms with Crippen LogP contribution < -0.4 is 9.79 Å². The average Bonchev–Trinajstić information content (AvgIpc) is 2.60. The normalized spacial score (nSPS) is 10.9. The molecule has 1 amide bonds. The number of amides is 1. The predicted octanol–water partition coefficient (Wildman–Crippen LogP) is 1.33. The Morgan fingerprint density at radius 2 is 1.46 bits per heavy atom. The molecule has 0 atom stereocenters. The molecule has 0 saturated carbocycles. The van der Waals surface area contributed by atoms with Gasteiger partial charge in [0, 0.05) is 12.6 Å². The van der Waals surface area contributed by atoms with Crippen molar-refractivity contribution in [3.8, 4) is 0 Å². The van der Waals surface area contributed by atoms with Crippen LogP contribution in [0.5, 0.6) is 0 Å². The van der Waals surface area contributed by atoms with Crippen molar-refractivity contribution in [2.24, 2.45) is 0 Å². The van der Waals surface area contributed by atoms with Crippen LogP contribution in [0.25, 0.3) is 0 Å². The van der Waals surface area contributed by atoms with Crippen LogP contribution in [0.15, 0.2) is 53.4 Å². The van der Waals surface area contributed by atoms with Crippen LogP contribution in [0.1, 0.15) is 20.7 Å². The highest BCUT2D eigenvalue weighted by molar-refractivity contribution is 7.92. The molecule has 126 valence electrons. The standard InChI is InChI=1S/C15H14N2O6S/c1-17(12-6-2-10(3-7-12)14(18)16-21)24(22,23)13-8-4-11(5-9-13)15(19)20/h2-9,21H,1H3,(H,16,18)(H,19,20). The van der Waals surface area contributed by atoms with E-state index in [0.717, 1.165) is 4.31 Å². The van der Waals surface area contributed by atoms with E-state index in [-0.39, 0.29) is 16.0 Å². The molecule has 0 radical (unpaired) electrons. The van der Waals surface area contributed by atoms with E-state index in [0.29, 0.717) is 5.69 Å². The van der Waals surface area contributed by atoms with Crippen molar-refractivity contribution in [3.05, 3.63) is 59.7 Å². The molecular weight excluding hydrogens is 336 g/mol. The number of nitrogens with one attached hydrogen (secondary N) is 1. The number of carboxylic acids is 1. The van der Waals surface area contributed by atoms with Gasteiger partial charge in [0.25, 0.3) is 15.9 Å². The number of rotatable bonds is 5. The van der Waals surface area contributed by atoms with Gasteiger partial charge in [-0.25, -0.2) is 18.7 Å². The third kappa shape index (κ3) is 3.36. The third-order valence-electron chi connectivity index (χ3n) is 3.35. The van der Waals surface area contributed by atoms with Gasteiger partial charge in [0.05, 0.1) is 16.1 Å². The van der Waals surface area contributed by atoms with Gasteiger partial charge in [0.2, 0.25) is 0 Å². The first kappa shape index (κ1) is 17.4. The van der Waals surface area contributed by atoms with E-state index in [2.05, 4.69) is 0 Å². The van der Waals surface area contributed by atoms with E-state index in [1.165, 1.54) is 61.1 Å². The Morgan fingerprint density at radius 3 is 1.92 bits per heavy atom. The Labute approximate surface area is 138 Å². The Hall–Kier alpha value is -2.91. The van der Waals surface area contributed by atoms with E-state index in [9.17, 15) is 18.0 Å². The SMILES string of the molecule is CN(c1ccc(C(=O)NO)cc1)S(=O)(=O)c1ccc(C(=O)O)cc1. The van der Waals surface area contributed by atoms with Crippen molar-refractivity contribution in [2.45, 2.75) is 4.90 Å². The summed E-state index contributed by atoms with van der Waals surface area (Å²) in [5.41, 5.74) is 1.93. The zero-order chi connectivity index (χ0) is 17.9. The second-order valence-corrected chi connectivity index (χ2v) is 6.76. The summed E-state index contributed by atoms with van der Waals surface area (Å²) in [6.07, 6.45) is 0. The molecule has 9 heteroatoms. The molecule has 0 fully saturated rings. The largest absolute Gasteiger partial charge is 0.478 e. The molecule has 0 aliphatic carbocycles. The van der Waals surface area contributed by atoms with E-state index < -0.39 is 21.9 Å². The van der Waals surface area contributed by atoms with Gasteiger partial charge in [0.15, 0.2) is 0 Å². The summed E-state index contributed by atoms with van der Waals surface area (Å²) in [4.78, 5) is 22.0. The van der Waals surface area contributed by atoms with Crippen LogP contribution in [-0.2, 0) is 10.0 Å². The van der Waals surface area contributed by atoms with Crippen LogP contribution in [0.4, 0.5) is 5.69 Å². The zero-order valence-electron chi connectivity index (χ0n) is 12.5. The van der Waals surface area contributed by atoms with Crippen LogP contribution in [0.3, 0.4) is 0 Å². The zero-order valence-corrected chi connectivity index (χ0v) is 13.3. The fourth-order valence-corrected chi connectivity index (χ4v) is 3.15. The fraction of sp³-hybridized carbons (Fsp3) is 0.0667. The number of anilines is 1. The highest BCUT2D eigenvalue weighted by atomic mass is 32.2. The van der Waals surface area contributed by atoms with Crippen molar-refractivity contribution in [1.82, 2.24) is 5.48 Å². The molecule has 0 saturated heterocycles. The van der Waals surface area contributed by atoms with Crippen LogP contribution >= 0.6 is 0 Å². The molecule has 0 spiro atoms. The Morgan fingerprint density at radius 1 is 0.958 bits per heavy atom. The van der Waals surface area contributed by atoms with Gasteiger partial charge in [-0.2, -0.15) is 0 Å². The summed E-state index contributed by atoms with van der Waals surface area (Å²) in [5, 5.41) is 17.4. The van der Waals surface area contributed by atoms with Gasteiger partial charge in [-0.15, -0.1) is 0 Å². The Bertz CT molecular complexity index is 860. The van der Waals surface area contributed by atoms with Crippen molar-refractivity contribution in [2.75, 3.05) is 11.4 Å². The van der Waals surface area contributed by atoms with Crippen LogP contribution in [-0.4, -0.2) is 37.7 Å². The summed E-state index contributed by atoms with van der Waals surface area (Å²) in [6.45, 7) is 0. The molecule has 2 rings (SSSR count). The minimum absolute atomic E-state index is 0.0176. The highest BCUT2D eigenvalue weighted by Gasteiger charge is 2.21. The number of carbonyl (C=O) groups excluding carboxylic acids is 1. The Balaban J connectivity index is 2.31. The number of sulfonamides is 1.